The topological polar surface area (TPSA) is 66.9 Å². The van der Waals surface area contributed by atoms with E-state index in [1.165, 1.54) is 18.4 Å². The summed E-state index contributed by atoms with van der Waals surface area (Å²) in [4.78, 5) is 11.2. The van der Waals surface area contributed by atoms with Crippen LogP contribution < -0.4 is 0 Å². The summed E-state index contributed by atoms with van der Waals surface area (Å²) in [5, 5.41) is 0. The number of carbonyl (C=O) groups excluding carboxylic acids is 1. The smallest absolute Gasteiger partial charge is 0.321 e. The van der Waals surface area contributed by atoms with Gasteiger partial charge in [0, 0.05) is 20.6 Å². The second-order valence-electron chi connectivity index (χ2n) is 3.74. The van der Waals surface area contributed by atoms with Gasteiger partial charge in [-0.25, -0.2) is 0 Å². The molecule has 0 rings (SSSR count). The van der Waals surface area contributed by atoms with E-state index in [-0.39, 0.29) is 13.2 Å². The molecule has 0 heterocycles. The zero-order valence-electron chi connectivity index (χ0n) is 11.0. The van der Waals surface area contributed by atoms with E-state index in [1.807, 2.05) is 6.92 Å². The molecule has 0 aliphatic heterocycles. The second-order valence-corrected chi connectivity index (χ2v) is 5.89. The SMILES string of the molecule is CCCCN(C)S(=O)(=O)N(C)CC(=O)OCC. The van der Waals surface area contributed by atoms with Crippen LogP contribution in [0.3, 0.4) is 0 Å². The number of likely N-dealkylation sites (N-methyl/N-ethyl adjacent to an activating group) is 1. The van der Waals surface area contributed by atoms with Crippen LogP contribution in [0.2, 0.25) is 0 Å². The lowest BCUT2D eigenvalue weighted by molar-refractivity contribution is -0.143. The summed E-state index contributed by atoms with van der Waals surface area (Å²) in [7, 11) is -0.682. The fourth-order valence-electron chi connectivity index (χ4n) is 1.20. The number of carbonyl (C=O) groups is 1. The Balaban J connectivity index is 4.43. The van der Waals surface area contributed by atoms with Gasteiger partial charge < -0.3 is 4.74 Å². The first-order chi connectivity index (χ1) is 7.86. The normalized spacial score (nSPS) is 12.1. The van der Waals surface area contributed by atoms with Crippen molar-refractivity contribution < 1.29 is 17.9 Å². The molecule has 0 unspecified atom stereocenters. The molecule has 0 amide bonds. The summed E-state index contributed by atoms with van der Waals surface area (Å²) >= 11 is 0. The van der Waals surface area contributed by atoms with E-state index in [2.05, 4.69) is 0 Å². The molecule has 0 aromatic carbocycles. The maximum absolute atomic E-state index is 11.9. The van der Waals surface area contributed by atoms with Gasteiger partial charge in [-0.2, -0.15) is 17.0 Å². The van der Waals surface area contributed by atoms with Crippen molar-refractivity contribution in [2.45, 2.75) is 26.7 Å². The number of hydrogen-bond donors (Lipinski definition) is 0. The number of esters is 1. The van der Waals surface area contributed by atoms with E-state index in [4.69, 9.17) is 4.74 Å². The summed E-state index contributed by atoms with van der Waals surface area (Å²) in [5.41, 5.74) is 0. The highest BCUT2D eigenvalue weighted by Crippen LogP contribution is 2.05. The number of hydrogen-bond acceptors (Lipinski definition) is 4. The average molecular weight is 266 g/mol. The maximum atomic E-state index is 11.9. The summed E-state index contributed by atoms with van der Waals surface area (Å²) < 4.78 is 30.8. The van der Waals surface area contributed by atoms with Crippen LogP contribution in [0, 0.1) is 0 Å². The highest BCUT2D eigenvalue weighted by Gasteiger charge is 2.25. The van der Waals surface area contributed by atoms with Crippen molar-refractivity contribution in [2.75, 3.05) is 33.8 Å². The molecular weight excluding hydrogens is 244 g/mol. The van der Waals surface area contributed by atoms with Gasteiger partial charge in [-0.15, -0.1) is 0 Å². The van der Waals surface area contributed by atoms with Gasteiger partial charge in [0.1, 0.15) is 6.54 Å². The van der Waals surface area contributed by atoms with Crippen molar-refractivity contribution in [3.05, 3.63) is 0 Å². The van der Waals surface area contributed by atoms with E-state index in [9.17, 15) is 13.2 Å². The Hall–Kier alpha value is -0.660. The lowest BCUT2D eigenvalue weighted by Crippen LogP contribution is -2.42. The number of unbranched alkanes of at least 4 members (excludes halogenated alkanes) is 1. The zero-order valence-corrected chi connectivity index (χ0v) is 11.8. The Morgan fingerprint density at radius 2 is 1.76 bits per heavy atom. The van der Waals surface area contributed by atoms with Gasteiger partial charge >= 0.3 is 5.97 Å². The molecule has 0 spiro atoms. The number of nitrogens with zero attached hydrogens (tertiary/aromatic N) is 2. The fourth-order valence-corrected chi connectivity index (χ4v) is 2.31. The van der Waals surface area contributed by atoms with Gasteiger partial charge in [-0.05, 0) is 13.3 Å². The predicted molar refractivity (Wildman–Crippen MR) is 65.7 cm³/mol. The first-order valence-electron chi connectivity index (χ1n) is 5.69. The molecule has 0 radical (unpaired) electrons. The Bertz CT molecular complexity index is 329. The molecule has 7 heteroatoms. The van der Waals surface area contributed by atoms with Crippen molar-refractivity contribution in [1.29, 1.82) is 0 Å². The highest BCUT2D eigenvalue weighted by atomic mass is 32.2. The molecule has 0 N–H and O–H groups in total. The van der Waals surface area contributed by atoms with E-state index < -0.39 is 16.2 Å². The quantitative estimate of drug-likeness (QED) is 0.599. The Labute approximate surface area is 104 Å². The van der Waals surface area contributed by atoms with Crippen molar-refractivity contribution >= 4 is 16.2 Å². The largest absolute Gasteiger partial charge is 0.465 e. The molecule has 0 bridgehead atoms. The minimum absolute atomic E-state index is 0.248. The molecule has 0 saturated heterocycles. The van der Waals surface area contributed by atoms with Crippen LogP contribution in [0.5, 0.6) is 0 Å². The molecule has 0 aliphatic carbocycles. The first kappa shape index (κ1) is 16.3. The highest BCUT2D eigenvalue weighted by molar-refractivity contribution is 7.86. The van der Waals surface area contributed by atoms with Gasteiger partial charge in [0.2, 0.25) is 0 Å². The number of rotatable bonds is 8. The van der Waals surface area contributed by atoms with E-state index in [0.717, 1.165) is 17.1 Å². The Morgan fingerprint density at radius 1 is 1.18 bits per heavy atom. The summed E-state index contributed by atoms with van der Waals surface area (Å²) in [6, 6.07) is 0. The third-order valence-corrected chi connectivity index (χ3v) is 4.16. The van der Waals surface area contributed by atoms with Gasteiger partial charge in [-0.3, -0.25) is 4.79 Å². The minimum Gasteiger partial charge on any atom is -0.465 e. The van der Waals surface area contributed by atoms with Gasteiger partial charge in [0.05, 0.1) is 6.61 Å². The van der Waals surface area contributed by atoms with Gasteiger partial charge in [0.15, 0.2) is 0 Å². The molecule has 0 saturated carbocycles. The second kappa shape index (κ2) is 7.62. The lowest BCUT2D eigenvalue weighted by atomic mass is 10.3. The van der Waals surface area contributed by atoms with Crippen LogP contribution in [0.25, 0.3) is 0 Å². The standard InChI is InChI=1S/C10H22N2O4S/c1-5-7-8-11(3)17(14,15)12(4)9-10(13)16-6-2/h5-9H2,1-4H3. The van der Waals surface area contributed by atoms with Crippen LogP contribution in [0.1, 0.15) is 26.7 Å². The zero-order chi connectivity index (χ0) is 13.5. The molecule has 0 aromatic heterocycles. The van der Waals surface area contributed by atoms with Crippen molar-refractivity contribution in [1.82, 2.24) is 8.61 Å². The molecule has 17 heavy (non-hydrogen) atoms. The summed E-state index contributed by atoms with van der Waals surface area (Å²) in [6.07, 6.45) is 1.71. The molecular formula is C10H22N2O4S. The van der Waals surface area contributed by atoms with Crippen LogP contribution in [0.15, 0.2) is 0 Å². The van der Waals surface area contributed by atoms with Crippen molar-refractivity contribution in [2.24, 2.45) is 0 Å². The van der Waals surface area contributed by atoms with Crippen LogP contribution in [-0.4, -0.2) is 56.8 Å². The first-order valence-corrected chi connectivity index (χ1v) is 7.09. The molecule has 6 nitrogen and oxygen atoms in total. The van der Waals surface area contributed by atoms with E-state index in [1.54, 1.807) is 6.92 Å². The average Bonchev–Trinajstić information content (AvgIpc) is 2.25. The summed E-state index contributed by atoms with van der Waals surface area (Å²) in [5.74, 6) is -0.539. The molecule has 0 aliphatic rings. The lowest BCUT2D eigenvalue weighted by Gasteiger charge is -2.23. The monoisotopic (exact) mass is 266 g/mol. The fraction of sp³-hybridized carbons (Fsp3) is 0.900. The Kier molecular flexibility index (Phi) is 7.33. The molecule has 0 aromatic rings. The van der Waals surface area contributed by atoms with Crippen molar-refractivity contribution in [3.8, 4) is 0 Å². The van der Waals surface area contributed by atoms with Crippen molar-refractivity contribution in [3.63, 3.8) is 0 Å². The maximum Gasteiger partial charge on any atom is 0.321 e. The van der Waals surface area contributed by atoms with Gasteiger partial charge in [0.25, 0.3) is 10.2 Å². The molecule has 102 valence electrons. The molecule has 0 fully saturated rings. The third-order valence-electron chi connectivity index (χ3n) is 2.27. The molecule has 0 atom stereocenters. The van der Waals surface area contributed by atoms with Gasteiger partial charge in [-0.1, -0.05) is 13.3 Å². The minimum atomic E-state index is -3.56. The third kappa shape index (κ3) is 5.47. The van der Waals surface area contributed by atoms with E-state index in [0.29, 0.717) is 6.54 Å². The van der Waals surface area contributed by atoms with Crippen LogP contribution >= 0.6 is 0 Å². The van der Waals surface area contributed by atoms with E-state index >= 15 is 0 Å². The number of ether oxygens (including phenoxy) is 1. The van der Waals surface area contributed by atoms with Crippen LogP contribution in [-0.2, 0) is 19.7 Å². The van der Waals surface area contributed by atoms with Crippen LogP contribution in [0.4, 0.5) is 0 Å². The predicted octanol–water partition coefficient (Wildman–Crippen LogP) is 0.458. The Morgan fingerprint density at radius 3 is 2.24 bits per heavy atom. The summed E-state index contributed by atoms with van der Waals surface area (Å²) in [6.45, 7) is 4.11.